The summed E-state index contributed by atoms with van der Waals surface area (Å²) < 4.78 is 8.20. The highest BCUT2D eigenvalue weighted by Gasteiger charge is 2.29. The molecule has 2 atom stereocenters. The van der Waals surface area contributed by atoms with E-state index in [4.69, 9.17) is 32.9 Å². The zero-order valence-electron chi connectivity index (χ0n) is 16.1. The van der Waals surface area contributed by atoms with Crippen LogP contribution in [0.4, 0.5) is 0 Å². The van der Waals surface area contributed by atoms with Crippen molar-refractivity contribution >= 4 is 34.2 Å². The van der Waals surface area contributed by atoms with Crippen LogP contribution in [0.2, 0.25) is 10.0 Å². The van der Waals surface area contributed by atoms with Gasteiger partial charge < -0.3 is 9.30 Å². The van der Waals surface area contributed by atoms with Gasteiger partial charge in [0.1, 0.15) is 24.3 Å². The van der Waals surface area contributed by atoms with Gasteiger partial charge in [0, 0.05) is 17.5 Å². The molecular formula is C23H20Cl2N4O. The van der Waals surface area contributed by atoms with Crippen molar-refractivity contribution in [3.8, 4) is 5.75 Å². The molecule has 0 bridgehead atoms. The molecule has 4 aromatic rings. The van der Waals surface area contributed by atoms with Gasteiger partial charge in [-0.3, -0.25) is 0 Å². The maximum absolute atomic E-state index is 6.27. The molecule has 0 saturated carbocycles. The van der Waals surface area contributed by atoms with Crippen LogP contribution in [0.1, 0.15) is 30.0 Å². The van der Waals surface area contributed by atoms with Gasteiger partial charge in [-0.1, -0.05) is 65.7 Å². The number of para-hydroxylation sites is 2. The molecule has 2 N–H and O–H groups in total. The topological polar surface area (TPSA) is 51.1 Å². The third-order valence-electron chi connectivity index (χ3n) is 5.32. The van der Waals surface area contributed by atoms with Crippen LogP contribution in [-0.4, -0.2) is 9.55 Å². The number of hydrazine groups is 1. The molecule has 1 aliphatic rings. The fourth-order valence-electron chi connectivity index (χ4n) is 3.89. The third kappa shape index (κ3) is 3.77. The zero-order valence-corrected chi connectivity index (χ0v) is 17.6. The summed E-state index contributed by atoms with van der Waals surface area (Å²) >= 11 is 12.3. The zero-order chi connectivity index (χ0) is 20.5. The van der Waals surface area contributed by atoms with E-state index in [1.807, 2.05) is 24.3 Å². The van der Waals surface area contributed by atoms with Crippen molar-refractivity contribution in [3.63, 3.8) is 0 Å². The SMILES string of the molecule is Clc1ccc(OCc2nc3ccccc3n2C2CC(c3ccccc3)NN2)c(Cl)c1. The highest BCUT2D eigenvalue weighted by Crippen LogP contribution is 2.32. The Balaban J connectivity index is 1.44. The minimum atomic E-state index is 0.0434. The largest absolute Gasteiger partial charge is 0.484 e. The molecule has 1 saturated heterocycles. The molecule has 5 rings (SSSR count). The molecule has 1 aliphatic heterocycles. The van der Waals surface area contributed by atoms with Crippen LogP contribution in [0.25, 0.3) is 11.0 Å². The normalized spacial score (nSPS) is 18.7. The first-order valence-corrected chi connectivity index (χ1v) is 10.5. The average molecular weight is 439 g/mol. The quantitative estimate of drug-likeness (QED) is 0.421. The number of rotatable bonds is 5. The van der Waals surface area contributed by atoms with Crippen molar-refractivity contribution in [2.24, 2.45) is 0 Å². The van der Waals surface area contributed by atoms with Crippen molar-refractivity contribution in [3.05, 3.63) is 94.2 Å². The second kappa shape index (κ2) is 8.28. The van der Waals surface area contributed by atoms with Crippen LogP contribution in [0.3, 0.4) is 0 Å². The van der Waals surface area contributed by atoms with Gasteiger partial charge in [0.15, 0.2) is 0 Å². The van der Waals surface area contributed by atoms with Crippen LogP contribution in [-0.2, 0) is 6.61 Å². The van der Waals surface area contributed by atoms with Crippen LogP contribution >= 0.6 is 23.2 Å². The molecule has 0 aliphatic carbocycles. The Morgan fingerprint density at radius 1 is 0.967 bits per heavy atom. The summed E-state index contributed by atoms with van der Waals surface area (Å²) in [4.78, 5) is 4.82. The molecule has 0 spiro atoms. The fourth-order valence-corrected chi connectivity index (χ4v) is 4.35. The lowest BCUT2D eigenvalue weighted by Gasteiger charge is -2.17. The third-order valence-corrected chi connectivity index (χ3v) is 5.85. The lowest BCUT2D eigenvalue weighted by molar-refractivity contribution is 0.281. The highest BCUT2D eigenvalue weighted by molar-refractivity contribution is 6.35. The first kappa shape index (κ1) is 19.4. The maximum atomic E-state index is 6.27. The second-order valence-corrected chi connectivity index (χ2v) is 8.10. The Labute approximate surface area is 184 Å². The molecule has 1 aromatic heterocycles. The lowest BCUT2D eigenvalue weighted by atomic mass is 10.0. The number of nitrogens with zero attached hydrogens (tertiary/aromatic N) is 2. The van der Waals surface area contributed by atoms with E-state index in [1.54, 1.807) is 18.2 Å². The van der Waals surface area contributed by atoms with Gasteiger partial charge in [-0.05, 0) is 35.9 Å². The minimum Gasteiger partial charge on any atom is -0.484 e. The van der Waals surface area contributed by atoms with Crippen LogP contribution < -0.4 is 15.6 Å². The van der Waals surface area contributed by atoms with Crippen molar-refractivity contribution < 1.29 is 4.74 Å². The molecule has 30 heavy (non-hydrogen) atoms. The number of halogens is 2. The summed E-state index contributed by atoms with van der Waals surface area (Å²) in [5, 5.41) is 1.06. The molecule has 0 amide bonds. The molecular weight excluding hydrogens is 419 g/mol. The van der Waals surface area contributed by atoms with E-state index in [1.165, 1.54) is 5.56 Å². The van der Waals surface area contributed by atoms with E-state index in [2.05, 4.69) is 45.8 Å². The van der Waals surface area contributed by atoms with Gasteiger partial charge >= 0.3 is 0 Å². The number of hydrogen-bond donors (Lipinski definition) is 2. The first-order chi connectivity index (χ1) is 14.7. The minimum absolute atomic E-state index is 0.0434. The van der Waals surface area contributed by atoms with E-state index in [0.717, 1.165) is 23.3 Å². The fraction of sp³-hybridized carbons (Fsp3) is 0.174. The molecule has 152 valence electrons. The Kier molecular flexibility index (Phi) is 5.35. The summed E-state index contributed by atoms with van der Waals surface area (Å²) in [6, 6.07) is 24.0. The van der Waals surface area contributed by atoms with Gasteiger partial charge in [-0.25, -0.2) is 15.8 Å². The van der Waals surface area contributed by atoms with Crippen molar-refractivity contribution in [1.82, 2.24) is 20.4 Å². The molecule has 0 radical (unpaired) electrons. The summed E-state index contributed by atoms with van der Waals surface area (Å²) in [5.41, 5.74) is 10.1. The number of nitrogens with one attached hydrogen (secondary N) is 2. The van der Waals surface area contributed by atoms with Crippen molar-refractivity contribution in [1.29, 1.82) is 0 Å². The van der Waals surface area contributed by atoms with Crippen LogP contribution in [0.5, 0.6) is 5.75 Å². The predicted octanol–water partition coefficient (Wildman–Crippen LogP) is 5.66. The summed E-state index contributed by atoms with van der Waals surface area (Å²) in [6.07, 6.45) is 0.931. The van der Waals surface area contributed by atoms with E-state index in [-0.39, 0.29) is 12.2 Å². The Morgan fingerprint density at radius 2 is 1.77 bits per heavy atom. The molecule has 1 fully saturated rings. The van der Waals surface area contributed by atoms with E-state index >= 15 is 0 Å². The molecule has 7 heteroatoms. The van der Waals surface area contributed by atoms with Gasteiger partial charge in [-0.15, -0.1) is 0 Å². The predicted molar refractivity (Wildman–Crippen MR) is 120 cm³/mol. The average Bonchev–Trinajstić information content (AvgIpc) is 3.38. The molecule has 3 aromatic carbocycles. The number of fused-ring (bicyclic) bond motifs is 1. The Morgan fingerprint density at radius 3 is 2.60 bits per heavy atom. The monoisotopic (exact) mass is 438 g/mol. The van der Waals surface area contributed by atoms with Gasteiger partial charge in [0.25, 0.3) is 0 Å². The summed E-state index contributed by atoms with van der Waals surface area (Å²) in [5.74, 6) is 1.41. The maximum Gasteiger partial charge on any atom is 0.149 e. The number of ether oxygens (including phenoxy) is 1. The second-order valence-electron chi connectivity index (χ2n) is 7.25. The molecule has 5 nitrogen and oxygen atoms in total. The highest BCUT2D eigenvalue weighted by atomic mass is 35.5. The van der Waals surface area contributed by atoms with Gasteiger partial charge in [0.2, 0.25) is 0 Å². The Hall–Kier alpha value is -2.57. The van der Waals surface area contributed by atoms with Crippen molar-refractivity contribution in [2.75, 3.05) is 0 Å². The standard InChI is InChI=1S/C23H20Cl2N4O/c24-16-10-11-21(17(25)12-16)30-14-23-26-18-8-4-5-9-20(18)29(23)22-13-19(27-28-22)15-6-2-1-3-7-15/h1-12,19,22,27-28H,13-14H2. The number of imidazole rings is 1. The van der Waals surface area contributed by atoms with Crippen LogP contribution in [0.15, 0.2) is 72.8 Å². The lowest BCUT2D eigenvalue weighted by Crippen LogP contribution is -2.30. The van der Waals surface area contributed by atoms with Crippen LogP contribution in [0, 0.1) is 0 Å². The summed E-state index contributed by atoms with van der Waals surface area (Å²) in [7, 11) is 0. The van der Waals surface area contributed by atoms with E-state index in [9.17, 15) is 0 Å². The molecule has 2 unspecified atom stereocenters. The van der Waals surface area contributed by atoms with E-state index < -0.39 is 0 Å². The Bertz CT molecular complexity index is 1180. The van der Waals surface area contributed by atoms with Gasteiger partial charge in [-0.2, -0.15) is 0 Å². The number of hydrogen-bond acceptors (Lipinski definition) is 4. The van der Waals surface area contributed by atoms with E-state index in [0.29, 0.717) is 22.4 Å². The number of aromatic nitrogens is 2. The molecule has 2 heterocycles. The smallest absolute Gasteiger partial charge is 0.149 e. The van der Waals surface area contributed by atoms with Gasteiger partial charge in [0.05, 0.1) is 16.1 Å². The van der Waals surface area contributed by atoms with Crippen molar-refractivity contribution in [2.45, 2.75) is 25.2 Å². The number of benzene rings is 3. The first-order valence-electron chi connectivity index (χ1n) is 9.79. The summed E-state index contributed by atoms with van der Waals surface area (Å²) in [6.45, 7) is 0.296.